The van der Waals surface area contributed by atoms with Gasteiger partial charge in [0.1, 0.15) is 0 Å². The summed E-state index contributed by atoms with van der Waals surface area (Å²) >= 11 is 0. The third-order valence-electron chi connectivity index (χ3n) is 2.87. The number of rotatable bonds is 4. The van der Waals surface area contributed by atoms with Crippen molar-refractivity contribution in [3.8, 4) is 0 Å². The Kier molecular flexibility index (Phi) is 3.02. The second-order valence-corrected chi connectivity index (χ2v) is 4.08. The Morgan fingerprint density at radius 1 is 1.40 bits per heavy atom. The van der Waals surface area contributed by atoms with Crippen molar-refractivity contribution in [2.24, 2.45) is 11.8 Å². The lowest BCUT2D eigenvalue weighted by atomic mass is 9.94. The molecular weight excluding hydrogens is 190 g/mol. The van der Waals surface area contributed by atoms with E-state index in [-0.39, 0.29) is 11.9 Å². The van der Waals surface area contributed by atoms with Gasteiger partial charge in [-0.15, -0.1) is 0 Å². The van der Waals surface area contributed by atoms with Gasteiger partial charge in [0.2, 0.25) is 0 Å². The van der Waals surface area contributed by atoms with E-state index in [4.69, 9.17) is 5.90 Å². The highest BCUT2D eigenvalue weighted by Gasteiger charge is 2.31. The van der Waals surface area contributed by atoms with Gasteiger partial charge in [0, 0.05) is 0 Å². The van der Waals surface area contributed by atoms with Crippen molar-refractivity contribution in [3.63, 3.8) is 0 Å². The first-order chi connectivity index (χ1) is 7.31. The molecule has 1 aliphatic rings. The maximum Gasteiger partial charge on any atom is 0.331 e. The fourth-order valence-electron chi connectivity index (χ4n) is 1.82. The monoisotopic (exact) mass is 205 g/mol. The molecule has 1 unspecified atom stereocenters. The smallest absolute Gasteiger partial charge is 0.331 e. The number of hydrogen-bond donors (Lipinski definition) is 1. The van der Waals surface area contributed by atoms with E-state index in [1.54, 1.807) is 0 Å². The lowest BCUT2D eigenvalue weighted by molar-refractivity contribution is -0.146. The van der Waals surface area contributed by atoms with Crippen molar-refractivity contribution in [2.75, 3.05) is 0 Å². The van der Waals surface area contributed by atoms with Crippen LogP contribution in [0.15, 0.2) is 30.3 Å². The number of carbonyl (C=O) groups excluding carboxylic acids is 1. The first kappa shape index (κ1) is 10.2. The van der Waals surface area contributed by atoms with Crippen LogP contribution in [0.5, 0.6) is 0 Å². The van der Waals surface area contributed by atoms with E-state index in [1.807, 2.05) is 30.3 Å². The predicted octanol–water partition coefficient (Wildman–Crippen LogP) is 1.99. The zero-order chi connectivity index (χ0) is 10.7. The van der Waals surface area contributed by atoms with E-state index < -0.39 is 0 Å². The lowest BCUT2D eigenvalue weighted by Gasteiger charge is -2.13. The van der Waals surface area contributed by atoms with Gasteiger partial charge >= 0.3 is 5.97 Å². The quantitative estimate of drug-likeness (QED) is 0.765. The van der Waals surface area contributed by atoms with Gasteiger partial charge in [-0.1, -0.05) is 43.2 Å². The molecule has 1 saturated carbocycles. The van der Waals surface area contributed by atoms with Gasteiger partial charge in [0.05, 0.1) is 5.92 Å². The zero-order valence-electron chi connectivity index (χ0n) is 8.56. The SMILES string of the molecule is NOC(=O)C(CC1CC1)c1ccccc1. The molecule has 3 nitrogen and oxygen atoms in total. The second kappa shape index (κ2) is 4.45. The maximum absolute atomic E-state index is 11.5. The lowest BCUT2D eigenvalue weighted by Crippen LogP contribution is -2.19. The maximum atomic E-state index is 11.5. The minimum absolute atomic E-state index is 0.191. The summed E-state index contributed by atoms with van der Waals surface area (Å²) in [4.78, 5) is 15.9. The molecule has 1 atom stereocenters. The topological polar surface area (TPSA) is 52.3 Å². The molecule has 0 spiro atoms. The molecule has 1 fully saturated rings. The Hall–Kier alpha value is -1.35. The van der Waals surface area contributed by atoms with Crippen LogP contribution in [-0.4, -0.2) is 5.97 Å². The minimum Gasteiger partial charge on any atom is -0.373 e. The molecular formula is C12H15NO2. The van der Waals surface area contributed by atoms with Gasteiger partial charge < -0.3 is 4.84 Å². The Bertz CT molecular complexity index is 333. The third-order valence-corrected chi connectivity index (χ3v) is 2.87. The molecule has 3 heteroatoms. The molecule has 0 amide bonds. The molecule has 0 heterocycles. The summed E-state index contributed by atoms with van der Waals surface area (Å²) in [5.74, 6) is 5.12. The van der Waals surface area contributed by atoms with Crippen LogP contribution in [0, 0.1) is 5.92 Å². The summed E-state index contributed by atoms with van der Waals surface area (Å²) in [7, 11) is 0. The Morgan fingerprint density at radius 3 is 2.60 bits per heavy atom. The van der Waals surface area contributed by atoms with Crippen LogP contribution in [0.2, 0.25) is 0 Å². The van der Waals surface area contributed by atoms with Crippen molar-refractivity contribution < 1.29 is 9.63 Å². The summed E-state index contributed by atoms with van der Waals surface area (Å²) in [5, 5.41) is 0. The Balaban J connectivity index is 2.13. The average Bonchev–Trinajstić information content (AvgIpc) is 3.10. The summed E-state index contributed by atoms with van der Waals surface area (Å²) in [6.07, 6.45) is 3.31. The van der Waals surface area contributed by atoms with Gasteiger partial charge in [0.25, 0.3) is 0 Å². The molecule has 2 N–H and O–H groups in total. The molecule has 1 aromatic rings. The fraction of sp³-hybridized carbons (Fsp3) is 0.417. The highest BCUT2D eigenvalue weighted by Crippen LogP contribution is 2.38. The summed E-state index contributed by atoms with van der Waals surface area (Å²) in [6, 6.07) is 9.69. The molecule has 80 valence electrons. The predicted molar refractivity (Wildman–Crippen MR) is 56.8 cm³/mol. The van der Waals surface area contributed by atoms with Crippen molar-refractivity contribution >= 4 is 5.97 Å². The van der Waals surface area contributed by atoms with Gasteiger partial charge in [0.15, 0.2) is 0 Å². The first-order valence-electron chi connectivity index (χ1n) is 5.26. The van der Waals surface area contributed by atoms with Crippen LogP contribution in [0.4, 0.5) is 0 Å². The molecule has 2 rings (SSSR count). The molecule has 0 saturated heterocycles. The van der Waals surface area contributed by atoms with Gasteiger partial charge in [-0.2, -0.15) is 5.90 Å². The molecule has 0 radical (unpaired) electrons. The molecule has 1 aromatic carbocycles. The molecule has 15 heavy (non-hydrogen) atoms. The van der Waals surface area contributed by atoms with Crippen LogP contribution < -0.4 is 5.90 Å². The summed E-state index contributed by atoms with van der Waals surface area (Å²) in [6.45, 7) is 0. The molecule has 0 bridgehead atoms. The molecule has 0 aliphatic heterocycles. The van der Waals surface area contributed by atoms with Gasteiger partial charge in [-0.25, -0.2) is 4.79 Å². The highest BCUT2D eigenvalue weighted by molar-refractivity contribution is 5.77. The van der Waals surface area contributed by atoms with E-state index in [1.165, 1.54) is 12.8 Å². The van der Waals surface area contributed by atoms with Crippen LogP contribution in [-0.2, 0) is 9.63 Å². The number of hydrogen-bond acceptors (Lipinski definition) is 3. The Morgan fingerprint density at radius 2 is 2.07 bits per heavy atom. The van der Waals surface area contributed by atoms with E-state index >= 15 is 0 Å². The van der Waals surface area contributed by atoms with E-state index in [2.05, 4.69) is 4.84 Å². The zero-order valence-corrected chi connectivity index (χ0v) is 8.56. The van der Waals surface area contributed by atoms with Crippen LogP contribution in [0.25, 0.3) is 0 Å². The molecule has 0 aromatic heterocycles. The van der Waals surface area contributed by atoms with Crippen LogP contribution in [0.1, 0.15) is 30.7 Å². The Labute approximate surface area is 89.2 Å². The van der Waals surface area contributed by atoms with Gasteiger partial charge in [-0.05, 0) is 17.9 Å². The number of benzene rings is 1. The van der Waals surface area contributed by atoms with Crippen molar-refractivity contribution in [2.45, 2.75) is 25.2 Å². The summed E-state index contributed by atoms with van der Waals surface area (Å²) < 4.78 is 0. The van der Waals surface area contributed by atoms with E-state index in [9.17, 15) is 4.79 Å². The normalized spacial score (nSPS) is 17.1. The highest BCUT2D eigenvalue weighted by atomic mass is 16.7. The first-order valence-corrected chi connectivity index (χ1v) is 5.26. The third kappa shape index (κ3) is 2.57. The summed E-state index contributed by atoms with van der Waals surface area (Å²) in [5.41, 5.74) is 1.000. The number of nitrogens with two attached hydrogens (primary N) is 1. The van der Waals surface area contributed by atoms with Crippen LogP contribution in [0.3, 0.4) is 0 Å². The van der Waals surface area contributed by atoms with Crippen molar-refractivity contribution in [3.05, 3.63) is 35.9 Å². The van der Waals surface area contributed by atoms with Gasteiger partial charge in [-0.3, -0.25) is 0 Å². The standard InChI is InChI=1S/C12H15NO2/c13-15-12(14)11(8-9-6-7-9)10-4-2-1-3-5-10/h1-5,9,11H,6-8,13H2. The van der Waals surface area contributed by atoms with Crippen molar-refractivity contribution in [1.82, 2.24) is 0 Å². The largest absolute Gasteiger partial charge is 0.373 e. The molecule has 1 aliphatic carbocycles. The minimum atomic E-state index is -0.326. The average molecular weight is 205 g/mol. The van der Waals surface area contributed by atoms with E-state index in [0.29, 0.717) is 5.92 Å². The number of carbonyl (C=O) groups is 1. The van der Waals surface area contributed by atoms with Crippen molar-refractivity contribution in [1.29, 1.82) is 0 Å². The second-order valence-electron chi connectivity index (χ2n) is 4.08. The van der Waals surface area contributed by atoms with E-state index in [0.717, 1.165) is 12.0 Å². The fourth-order valence-corrected chi connectivity index (χ4v) is 1.82. The van der Waals surface area contributed by atoms with Crippen LogP contribution >= 0.6 is 0 Å².